The lowest BCUT2D eigenvalue weighted by Crippen LogP contribution is -2.32. The monoisotopic (exact) mass is 447 g/mol. The second-order valence-electron chi connectivity index (χ2n) is 6.74. The maximum Gasteiger partial charge on any atom is 0.257 e. The second-order valence-corrected chi connectivity index (χ2v) is 9.70. The van der Waals surface area contributed by atoms with Gasteiger partial charge in [-0.1, -0.05) is 25.2 Å². The first-order valence-electron chi connectivity index (χ1n) is 9.75. The number of fused-ring (bicyclic) bond motifs is 1. The van der Waals surface area contributed by atoms with Crippen LogP contribution in [0.15, 0.2) is 47.4 Å². The molecule has 30 heavy (non-hydrogen) atoms. The quantitative estimate of drug-likeness (QED) is 0.526. The summed E-state index contributed by atoms with van der Waals surface area (Å²) in [7, 11) is -2.00. The molecule has 0 aliphatic carbocycles. The van der Waals surface area contributed by atoms with E-state index >= 15 is 0 Å². The highest BCUT2D eigenvalue weighted by molar-refractivity contribution is 7.89. The third-order valence-corrected chi connectivity index (χ3v) is 7.34. The molecule has 3 rings (SSSR count). The molecular weight excluding hydrogens is 422 g/mol. The first-order chi connectivity index (χ1) is 14.4. The molecule has 0 aliphatic rings. The number of nitrogens with one attached hydrogen (secondary N) is 1. The lowest BCUT2D eigenvalue weighted by atomic mass is 10.2. The Morgan fingerprint density at radius 1 is 1.10 bits per heavy atom. The zero-order chi connectivity index (χ0) is 21.7. The summed E-state index contributed by atoms with van der Waals surface area (Å²) in [4.78, 5) is 17.1. The fourth-order valence-electron chi connectivity index (χ4n) is 3.03. The summed E-state index contributed by atoms with van der Waals surface area (Å²) in [5.74, 6) is 0.377. The largest absolute Gasteiger partial charge is 0.497 e. The first-order valence-corrected chi connectivity index (χ1v) is 12.0. The zero-order valence-corrected chi connectivity index (χ0v) is 18.8. The SMILES string of the molecule is CCCN(CCC)S(=O)(=O)c1ccc2nc(NC(=O)c3ccc(OC)cc3)sc2c1. The third-order valence-electron chi connectivity index (χ3n) is 4.52. The number of hydrogen-bond donors (Lipinski definition) is 1. The molecule has 3 aromatic rings. The fraction of sp³-hybridized carbons (Fsp3) is 0.333. The van der Waals surface area contributed by atoms with Crippen LogP contribution in [0.5, 0.6) is 5.75 Å². The molecule has 0 aliphatic heterocycles. The third kappa shape index (κ3) is 4.80. The highest BCUT2D eigenvalue weighted by atomic mass is 32.2. The molecule has 9 heteroatoms. The summed E-state index contributed by atoms with van der Waals surface area (Å²) in [5, 5.41) is 3.19. The topological polar surface area (TPSA) is 88.6 Å². The van der Waals surface area contributed by atoms with Gasteiger partial charge >= 0.3 is 0 Å². The highest BCUT2D eigenvalue weighted by Crippen LogP contribution is 2.29. The number of thiazole rings is 1. The van der Waals surface area contributed by atoms with E-state index < -0.39 is 10.0 Å². The Bertz CT molecular complexity index is 1120. The molecule has 1 heterocycles. The van der Waals surface area contributed by atoms with Crippen LogP contribution < -0.4 is 10.1 Å². The van der Waals surface area contributed by atoms with Gasteiger partial charge in [0, 0.05) is 18.7 Å². The van der Waals surface area contributed by atoms with Gasteiger partial charge in [0.25, 0.3) is 5.91 Å². The van der Waals surface area contributed by atoms with Crippen molar-refractivity contribution in [3.05, 3.63) is 48.0 Å². The molecule has 1 amide bonds. The molecule has 2 aromatic carbocycles. The van der Waals surface area contributed by atoms with E-state index in [1.54, 1.807) is 49.6 Å². The van der Waals surface area contributed by atoms with Crippen LogP contribution in [-0.2, 0) is 10.0 Å². The van der Waals surface area contributed by atoms with Gasteiger partial charge in [0.05, 0.1) is 22.2 Å². The Morgan fingerprint density at radius 2 is 1.77 bits per heavy atom. The van der Waals surface area contributed by atoms with Gasteiger partial charge in [0.15, 0.2) is 5.13 Å². The number of nitrogens with zero attached hydrogens (tertiary/aromatic N) is 2. The molecule has 0 radical (unpaired) electrons. The Balaban J connectivity index is 1.84. The lowest BCUT2D eigenvalue weighted by Gasteiger charge is -2.20. The standard InChI is InChI=1S/C21H25N3O4S2/c1-4-12-24(13-5-2)30(26,27)17-10-11-18-19(14-17)29-21(22-18)23-20(25)15-6-8-16(28-3)9-7-15/h6-11,14H,4-5,12-13H2,1-3H3,(H,22,23,25). The van der Waals surface area contributed by atoms with E-state index in [1.165, 1.54) is 15.6 Å². The Hall–Kier alpha value is -2.49. The summed E-state index contributed by atoms with van der Waals surface area (Å²) in [6.07, 6.45) is 1.51. The second kappa shape index (κ2) is 9.55. The van der Waals surface area contributed by atoms with Crippen LogP contribution in [0.2, 0.25) is 0 Å². The van der Waals surface area contributed by atoms with E-state index in [0.717, 1.165) is 12.8 Å². The Labute approximate surface area is 180 Å². The number of aromatic nitrogens is 1. The van der Waals surface area contributed by atoms with Crippen molar-refractivity contribution >= 4 is 42.6 Å². The van der Waals surface area contributed by atoms with Gasteiger partial charge in [0.2, 0.25) is 10.0 Å². The van der Waals surface area contributed by atoms with Crippen molar-refractivity contribution in [2.45, 2.75) is 31.6 Å². The van der Waals surface area contributed by atoms with Crippen molar-refractivity contribution in [2.24, 2.45) is 0 Å². The number of carbonyl (C=O) groups excluding carboxylic acids is 1. The summed E-state index contributed by atoms with van der Waals surface area (Å²) in [6, 6.07) is 11.6. The molecule has 0 bridgehead atoms. The first kappa shape index (κ1) is 22.2. The van der Waals surface area contributed by atoms with Crippen molar-refractivity contribution in [2.75, 3.05) is 25.5 Å². The van der Waals surface area contributed by atoms with Gasteiger partial charge in [-0.3, -0.25) is 10.1 Å². The van der Waals surface area contributed by atoms with Crippen molar-refractivity contribution in [1.29, 1.82) is 0 Å². The maximum absolute atomic E-state index is 13.0. The van der Waals surface area contributed by atoms with Gasteiger partial charge in [-0.2, -0.15) is 4.31 Å². The minimum absolute atomic E-state index is 0.244. The van der Waals surface area contributed by atoms with Crippen molar-refractivity contribution in [3.8, 4) is 5.75 Å². The summed E-state index contributed by atoms with van der Waals surface area (Å²) in [5.41, 5.74) is 1.12. The number of hydrogen-bond acceptors (Lipinski definition) is 6. The minimum Gasteiger partial charge on any atom is -0.497 e. The number of methoxy groups -OCH3 is 1. The van der Waals surface area contributed by atoms with Crippen molar-refractivity contribution < 1.29 is 17.9 Å². The number of anilines is 1. The van der Waals surface area contributed by atoms with Crippen molar-refractivity contribution in [3.63, 3.8) is 0 Å². The number of benzene rings is 2. The molecule has 0 saturated carbocycles. The van der Waals surface area contributed by atoms with Gasteiger partial charge in [0.1, 0.15) is 5.75 Å². The van der Waals surface area contributed by atoms with E-state index in [0.29, 0.717) is 39.8 Å². The van der Waals surface area contributed by atoms with E-state index in [-0.39, 0.29) is 10.8 Å². The van der Waals surface area contributed by atoms with Gasteiger partial charge in [-0.25, -0.2) is 13.4 Å². The van der Waals surface area contributed by atoms with E-state index in [1.807, 2.05) is 13.8 Å². The van der Waals surface area contributed by atoms with Crippen LogP contribution in [0.3, 0.4) is 0 Å². The van der Waals surface area contributed by atoms with Crippen molar-refractivity contribution in [1.82, 2.24) is 9.29 Å². The molecule has 0 spiro atoms. The molecule has 7 nitrogen and oxygen atoms in total. The number of carbonyl (C=O) groups is 1. The number of rotatable bonds is 9. The van der Waals surface area contributed by atoms with E-state index in [2.05, 4.69) is 10.3 Å². The fourth-order valence-corrected chi connectivity index (χ4v) is 5.66. The molecule has 0 atom stereocenters. The van der Waals surface area contributed by atoms with Gasteiger partial charge < -0.3 is 4.74 Å². The summed E-state index contributed by atoms with van der Waals surface area (Å²) in [6.45, 7) is 4.89. The van der Waals surface area contributed by atoms with Crippen LogP contribution >= 0.6 is 11.3 Å². The predicted octanol–water partition coefficient (Wildman–Crippen LogP) is 4.37. The average molecular weight is 448 g/mol. The molecular formula is C21H25N3O4S2. The summed E-state index contributed by atoms with van der Waals surface area (Å²) >= 11 is 1.25. The summed E-state index contributed by atoms with van der Waals surface area (Å²) < 4.78 is 33.3. The Kier molecular flexibility index (Phi) is 7.06. The smallest absolute Gasteiger partial charge is 0.257 e. The van der Waals surface area contributed by atoms with Gasteiger partial charge in [-0.05, 0) is 55.3 Å². The minimum atomic E-state index is -3.57. The van der Waals surface area contributed by atoms with E-state index in [4.69, 9.17) is 4.74 Å². The maximum atomic E-state index is 13.0. The normalized spacial score (nSPS) is 11.7. The molecule has 0 fully saturated rings. The molecule has 0 saturated heterocycles. The Morgan fingerprint density at radius 3 is 2.37 bits per heavy atom. The molecule has 1 N–H and O–H groups in total. The van der Waals surface area contributed by atoms with Gasteiger partial charge in [-0.15, -0.1) is 0 Å². The number of amides is 1. The van der Waals surface area contributed by atoms with Crippen LogP contribution in [-0.4, -0.2) is 43.8 Å². The van der Waals surface area contributed by atoms with Crippen LogP contribution in [0.4, 0.5) is 5.13 Å². The van der Waals surface area contributed by atoms with Crippen LogP contribution in [0.1, 0.15) is 37.0 Å². The lowest BCUT2D eigenvalue weighted by molar-refractivity contribution is 0.102. The average Bonchev–Trinajstić information content (AvgIpc) is 3.15. The van der Waals surface area contributed by atoms with Crippen LogP contribution in [0, 0.1) is 0 Å². The number of ether oxygens (including phenoxy) is 1. The van der Waals surface area contributed by atoms with E-state index in [9.17, 15) is 13.2 Å². The predicted molar refractivity (Wildman–Crippen MR) is 120 cm³/mol. The molecule has 1 aromatic heterocycles. The highest BCUT2D eigenvalue weighted by Gasteiger charge is 2.24. The zero-order valence-electron chi connectivity index (χ0n) is 17.2. The molecule has 0 unspecified atom stereocenters. The number of sulfonamides is 1. The van der Waals surface area contributed by atoms with Crippen LogP contribution in [0.25, 0.3) is 10.2 Å². The molecule has 160 valence electrons.